The van der Waals surface area contributed by atoms with Gasteiger partial charge in [-0.2, -0.15) is 0 Å². The van der Waals surface area contributed by atoms with E-state index in [0.717, 1.165) is 32.2 Å². The van der Waals surface area contributed by atoms with E-state index in [1.807, 2.05) is 19.9 Å². The van der Waals surface area contributed by atoms with Gasteiger partial charge in [0.15, 0.2) is 0 Å². The summed E-state index contributed by atoms with van der Waals surface area (Å²) in [5, 5.41) is 6.67. The Balaban J connectivity index is 1.51. The Morgan fingerprint density at radius 3 is 2.55 bits per heavy atom. The number of carbonyl (C=O) groups excluding carboxylic acids is 1. The lowest BCUT2D eigenvalue weighted by Crippen LogP contribution is -2.62. The number of ether oxygens (including phenoxy) is 1. The van der Waals surface area contributed by atoms with E-state index < -0.39 is 5.60 Å². The molecule has 1 heterocycles. The van der Waals surface area contributed by atoms with E-state index in [1.165, 1.54) is 5.56 Å². The zero-order valence-corrected chi connectivity index (χ0v) is 13.5. The number of benzene rings is 1. The summed E-state index contributed by atoms with van der Waals surface area (Å²) >= 11 is 0. The predicted molar refractivity (Wildman–Crippen MR) is 86.4 cm³/mol. The van der Waals surface area contributed by atoms with E-state index in [2.05, 4.69) is 34.9 Å². The van der Waals surface area contributed by atoms with Gasteiger partial charge in [0.25, 0.3) is 5.91 Å². The highest BCUT2D eigenvalue weighted by Crippen LogP contribution is 2.37. The van der Waals surface area contributed by atoms with Crippen LogP contribution in [0.5, 0.6) is 0 Å². The van der Waals surface area contributed by atoms with Crippen LogP contribution >= 0.6 is 0 Å². The molecule has 2 aliphatic rings. The van der Waals surface area contributed by atoms with Crippen LogP contribution in [0.2, 0.25) is 0 Å². The van der Waals surface area contributed by atoms with Crippen LogP contribution in [-0.4, -0.2) is 29.7 Å². The SMILES string of the molecule is CC1(C)OC2(CCC(NCc3ccccc3)CC2)CNC1=O. The van der Waals surface area contributed by atoms with Crippen molar-refractivity contribution in [1.29, 1.82) is 0 Å². The molecular formula is C18H26N2O2. The highest BCUT2D eigenvalue weighted by atomic mass is 16.5. The molecule has 1 aromatic rings. The van der Waals surface area contributed by atoms with Crippen molar-refractivity contribution in [2.75, 3.05) is 6.54 Å². The molecule has 22 heavy (non-hydrogen) atoms. The standard InChI is InChI=1S/C18H26N2O2/c1-17(2)16(21)20-13-18(22-17)10-8-15(9-11-18)19-12-14-6-4-3-5-7-14/h3-7,15,19H,8-13H2,1-2H3,(H,20,21). The summed E-state index contributed by atoms with van der Waals surface area (Å²) in [6.07, 6.45) is 4.20. The van der Waals surface area contributed by atoms with E-state index in [0.29, 0.717) is 12.6 Å². The monoisotopic (exact) mass is 302 g/mol. The number of carbonyl (C=O) groups is 1. The van der Waals surface area contributed by atoms with Gasteiger partial charge in [-0.3, -0.25) is 4.79 Å². The van der Waals surface area contributed by atoms with Crippen LogP contribution in [0.15, 0.2) is 30.3 Å². The molecule has 0 atom stereocenters. The van der Waals surface area contributed by atoms with E-state index in [-0.39, 0.29) is 11.5 Å². The average molecular weight is 302 g/mol. The van der Waals surface area contributed by atoms with Gasteiger partial charge in [-0.25, -0.2) is 0 Å². The number of hydrogen-bond acceptors (Lipinski definition) is 3. The summed E-state index contributed by atoms with van der Waals surface area (Å²) in [5.74, 6) is 0.00227. The molecule has 0 unspecified atom stereocenters. The first kappa shape index (κ1) is 15.5. The van der Waals surface area contributed by atoms with Crippen molar-refractivity contribution in [3.8, 4) is 0 Å². The maximum absolute atomic E-state index is 11.8. The summed E-state index contributed by atoms with van der Waals surface area (Å²) in [5.41, 5.74) is 0.454. The fraction of sp³-hybridized carbons (Fsp3) is 0.611. The Hall–Kier alpha value is -1.39. The minimum atomic E-state index is -0.706. The van der Waals surface area contributed by atoms with Crippen LogP contribution < -0.4 is 10.6 Å². The summed E-state index contributed by atoms with van der Waals surface area (Å²) in [7, 11) is 0. The molecule has 2 fully saturated rings. The van der Waals surface area contributed by atoms with Crippen molar-refractivity contribution < 1.29 is 9.53 Å². The quantitative estimate of drug-likeness (QED) is 0.901. The molecule has 0 aromatic heterocycles. The molecule has 0 bridgehead atoms. The van der Waals surface area contributed by atoms with Gasteiger partial charge < -0.3 is 15.4 Å². The van der Waals surface area contributed by atoms with Gasteiger partial charge in [-0.1, -0.05) is 30.3 Å². The Morgan fingerprint density at radius 1 is 1.23 bits per heavy atom. The first-order chi connectivity index (χ1) is 10.5. The number of nitrogens with one attached hydrogen (secondary N) is 2. The smallest absolute Gasteiger partial charge is 0.251 e. The third-order valence-electron chi connectivity index (χ3n) is 4.92. The van der Waals surface area contributed by atoms with Crippen molar-refractivity contribution >= 4 is 5.91 Å². The maximum atomic E-state index is 11.8. The van der Waals surface area contributed by atoms with Crippen molar-refractivity contribution in [1.82, 2.24) is 10.6 Å². The average Bonchev–Trinajstić information content (AvgIpc) is 2.52. The second-order valence-electron chi connectivity index (χ2n) is 7.12. The fourth-order valence-electron chi connectivity index (χ4n) is 3.56. The van der Waals surface area contributed by atoms with Gasteiger partial charge >= 0.3 is 0 Å². The van der Waals surface area contributed by atoms with Crippen molar-refractivity contribution in [2.45, 2.75) is 63.3 Å². The maximum Gasteiger partial charge on any atom is 0.251 e. The lowest BCUT2D eigenvalue weighted by atomic mass is 9.80. The lowest BCUT2D eigenvalue weighted by Gasteiger charge is -2.48. The minimum absolute atomic E-state index is 0.00227. The second kappa shape index (κ2) is 6.01. The molecule has 2 N–H and O–H groups in total. The van der Waals surface area contributed by atoms with Gasteiger partial charge in [0.2, 0.25) is 0 Å². The largest absolute Gasteiger partial charge is 0.357 e. The molecule has 120 valence electrons. The number of rotatable bonds is 3. The van der Waals surface area contributed by atoms with Crippen molar-refractivity contribution in [3.05, 3.63) is 35.9 Å². The molecule has 1 spiro atoms. The highest BCUT2D eigenvalue weighted by Gasteiger charge is 2.47. The Morgan fingerprint density at radius 2 is 1.91 bits per heavy atom. The molecule has 1 aliphatic carbocycles. The van der Waals surface area contributed by atoms with Crippen LogP contribution in [-0.2, 0) is 16.1 Å². The van der Waals surface area contributed by atoms with Gasteiger partial charge in [0.1, 0.15) is 5.60 Å². The second-order valence-corrected chi connectivity index (χ2v) is 7.12. The first-order valence-corrected chi connectivity index (χ1v) is 8.25. The summed E-state index contributed by atoms with van der Waals surface area (Å²) in [4.78, 5) is 11.8. The van der Waals surface area contributed by atoms with E-state index in [9.17, 15) is 4.79 Å². The normalized spacial score (nSPS) is 31.0. The Bertz CT molecular complexity index is 519. The molecule has 1 saturated carbocycles. The molecule has 4 nitrogen and oxygen atoms in total. The van der Waals surface area contributed by atoms with Gasteiger partial charge in [0, 0.05) is 19.1 Å². The highest BCUT2D eigenvalue weighted by molar-refractivity contribution is 5.85. The third-order valence-corrected chi connectivity index (χ3v) is 4.92. The third kappa shape index (κ3) is 3.33. The van der Waals surface area contributed by atoms with Crippen LogP contribution in [0, 0.1) is 0 Å². The van der Waals surface area contributed by atoms with Crippen LogP contribution in [0.4, 0.5) is 0 Å². The first-order valence-electron chi connectivity index (χ1n) is 8.25. The zero-order chi connectivity index (χ0) is 15.6. The molecular weight excluding hydrogens is 276 g/mol. The Labute approximate surface area is 132 Å². The summed E-state index contributed by atoms with van der Waals surface area (Å²) in [6.45, 7) is 5.30. The van der Waals surface area contributed by atoms with E-state index >= 15 is 0 Å². The molecule has 0 radical (unpaired) electrons. The lowest BCUT2D eigenvalue weighted by molar-refractivity contribution is -0.192. The van der Waals surface area contributed by atoms with Crippen LogP contribution in [0.25, 0.3) is 0 Å². The molecule has 3 rings (SSSR count). The van der Waals surface area contributed by atoms with Gasteiger partial charge in [0.05, 0.1) is 5.60 Å². The van der Waals surface area contributed by atoms with Crippen molar-refractivity contribution in [3.63, 3.8) is 0 Å². The number of morpholine rings is 1. The van der Waals surface area contributed by atoms with Crippen molar-refractivity contribution in [2.24, 2.45) is 0 Å². The fourth-order valence-corrected chi connectivity index (χ4v) is 3.56. The topological polar surface area (TPSA) is 50.4 Å². The van der Waals surface area contributed by atoms with E-state index in [1.54, 1.807) is 0 Å². The zero-order valence-electron chi connectivity index (χ0n) is 13.5. The van der Waals surface area contributed by atoms with E-state index in [4.69, 9.17) is 4.74 Å². The number of hydrogen-bond donors (Lipinski definition) is 2. The number of amides is 1. The molecule has 1 aliphatic heterocycles. The Kier molecular flexibility index (Phi) is 4.24. The molecule has 1 saturated heterocycles. The molecule has 4 heteroatoms. The van der Waals surface area contributed by atoms with Gasteiger partial charge in [-0.05, 0) is 45.1 Å². The van der Waals surface area contributed by atoms with Crippen LogP contribution in [0.3, 0.4) is 0 Å². The molecule has 1 aromatic carbocycles. The van der Waals surface area contributed by atoms with Gasteiger partial charge in [-0.15, -0.1) is 0 Å². The predicted octanol–water partition coefficient (Wildman–Crippen LogP) is 2.38. The summed E-state index contributed by atoms with van der Waals surface area (Å²) in [6, 6.07) is 11.0. The van der Waals surface area contributed by atoms with Crippen LogP contribution in [0.1, 0.15) is 45.1 Å². The minimum Gasteiger partial charge on any atom is -0.357 e. The summed E-state index contributed by atoms with van der Waals surface area (Å²) < 4.78 is 6.19. The molecule has 1 amide bonds.